The van der Waals surface area contributed by atoms with E-state index in [1.165, 1.54) is 12.8 Å². The van der Waals surface area contributed by atoms with Gasteiger partial charge in [0.25, 0.3) is 0 Å². The zero-order valence-corrected chi connectivity index (χ0v) is 8.81. The molecule has 0 aromatic rings. The second-order valence-electron chi connectivity index (χ2n) is 4.60. The molecule has 1 aliphatic rings. The second-order valence-corrected chi connectivity index (χ2v) is 4.60. The fourth-order valence-corrected chi connectivity index (χ4v) is 2.71. The van der Waals surface area contributed by atoms with E-state index in [0.29, 0.717) is 5.92 Å². The summed E-state index contributed by atoms with van der Waals surface area (Å²) in [7, 11) is 0. The van der Waals surface area contributed by atoms with Crippen LogP contribution in [-0.4, -0.2) is 5.91 Å². The lowest BCUT2D eigenvalue weighted by Crippen LogP contribution is -2.40. The zero-order chi connectivity index (χ0) is 9.90. The van der Waals surface area contributed by atoms with Gasteiger partial charge in [0.1, 0.15) is 0 Å². The van der Waals surface area contributed by atoms with Gasteiger partial charge in [0.2, 0.25) is 5.91 Å². The van der Waals surface area contributed by atoms with E-state index in [1.807, 2.05) is 0 Å². The predicted molar refractivity (Wildman–Crippen MR) is 54.2 cm³/mol. The molecule has 13 heavy (non-hydrogen) atoms. The van der Waals surface area contributed by atoms with Gasteiger partial charge in [-0.25, -0.2) is 0 Å². The third-order valence-electron chi connectivity index (χ3n) is 3.34. The third-order valence-corrected chi connectivity index (χ3v) is 3.34. The topological polar surface area (TPSA) is 43.1 Å². The zero-order valence-electron chi connectivity index (χ0n) is 8.81. The first kappa shape index (κ1) is 10.6. The van der Waals surface area contributed by atoms with E-state index in [-0.39, 0.29) is 11.3 Å². The first-order chi connectivity index (χ1) is 6.10. The van der Waals surface area contributed by atoms with Crippen molar-refractivity contribution in [1.82, 2.24) is 0 Å². The molecule has 1 fully saturated rings. The van der Waals surface area contributed by atoms with Crippen LogP contribution in [0.2, 0.25) is 0 Å². The van der Waals surface area contributed by atoms with Gasteiger partial charge >= 0.3 is 0 Å². The highest BCUT2D eigenvalue weighted by molar-refractivity contribution is 5.80. The summed E-state index contributed by atoms with van der Waals surface area (Å²) < 4.78 is 0. The van der Waals surface area contributed by atoms with Crippen molar-refractivity contribution in [2.24, 2.45) is 17.1 Å². The molecule has 2 N–H and O–H groups in total. The summed E-state index contributed by atoms with van der Waals surface area (Å²) in [5.74, 6) is 0.605. The van der Waals surface area contributed by atoms with E-state index in [2.05, 4.69) is 13.8 Å². The van der Waals surface area contributed by atoms with Gasteiger partial charge < -0.3 is 5.73 Å². The van der Waals surface area contributed by atoms with Gasteiger partial charge in [0.05, 0.1) is 0 Å². The summed E-state index contributed by atoms with van der Waals surface area (Å²) >= 11 is 0. The fourth-order valence-electron chi connectivity index (χ4n) is 2.71. The van der Waals surface area contributed by atoms with Gasteiger partial charge in [-0.2, -0.15) is 0 Å². The Balaban J connectivity index is 2.70. The molecule has 0 bridgehead atoms. The van der Waals surface area contributed by atoms with Crippen molar-refractivity contribution in [2.45, 2.75) is 52.4 Å². The summed E-state index contributed by atoms with van der Waals surface area (Å²) in [4.78, 5) is 11.4. The fraction of sp³-hybridized carbons (Fsp3) is 0.909. The Hall–Kier alpha value is -0.530. The first-order valence-corrected chi connectivity index (χ1v) is 5.40. The van der Waals surface area contributed by atoms with Gasteiger partial charge in [-0.1, -0.05) is 33.1 Å². The highest BCUT2D eigenvalue weighted by Crippen LogP contribution is 2.42. The van der Waals surface area contributed by atoms with Crippen molar-refractivity contribution >= 4 is 5.91 Å². The SMILES string of the molecule is CCCC1(C(N)=O)CCCC(C)C1. The van der Waals surface area contributed by atoms with Gasteiger partial charge in [-0.05, 0) is 25.2 Å². The monoisotopic (exact) mass is 183 g/mol. The lowest BCUT2D eigenvalue weighted by atomic mass is 9.67. The smallest absolute Gasteiger partial charge is 0.223 e. The third kappa shape index (κ3) is 2.23. The van der Waals surface area contributed by atoms with E-state index >= 15 is 0 Å². The molecular formula is C11H21NO. The summed E-state index contributed by atoms with van der Waals surface area (Å²) in [6.45, 7) is 4.36. The lowest BCUT2D eigenvalue weighted by Gasteiger charge is -2.37. The molecule has 0 aromatic carbocycles. The first-order valence-electron chi connectivity index (χ1n) is 5.40. The summed E-state index contributed by atoms with van der Waals surface area (Å²) in [5, 5.41) is 0. The van der Waals surface area contributed by atoms with Gasteiger partial charge in [0.15, 0.2) is 0 Å². The molecule has 2 heteroatoms. The molecule has 1 saturated carbocycles. The van der Waals surface area contributed by atoms with Crippen LogP contribution in [0.5, 0.6) is 0 Å². The molecule has 0 aliphatic heterocycles. The Bertz CT molecular complexity index is 187. The predicted octanol–water partition coefficient (Wildman–Crippen LogP) is 2.47. The van der Waals surface area contributed by atoms with Crippen molar-refractivity contribution in [3.8, 4) is 0 Å². The molecule has 76 valence electrons. The Kier molecular flexibility index (Phi) is 3.34. The highest BCUT2D eigenvalue weighted by atomic mass is 16.1. The largest absolute Gasteiger partial charge is 0.369 e. The molecule has 2 unspecified atom stereocenters. The van der Waals surface area contributed by atoms with Crippen LogP contribution in [0.1, 0.15) is 52.4 Å². The Morgan fingerprint density at radius 1 is 1.62 bits per heavy atom. The molecule has 1 rings (SSSR count). The normalized spacial score (nSPS) is 34.5. The number of nitrogens with two attached hydrogens (primary N) is 1. The van der Waals surface area contributed by atoms with Crippen molar-refractivity contribution in [3.05, 3.63) is 0 Å². The van der Waals surface area contributed by atoms with Crippen molar-refractivity contribution in [2.75, 3.05) is 0 Å². The maximum absolute atomic E-state index is 11.4. The minimum Gasteiger partial charge on any atom is -0.369 e. The summed E-state index contributed by atoms with van der Waals surface area (Å²) in [5.41, 5.74) is 5.35. The number of hydrogen-bond acceptors (Lipinski definition) is 1. The van der Waals surface area contributed by atoms with Crippen LogP contribution >= 0.6 is 0 Å². The van der Waals surface area contributed by atoms with Crippen LogP contribution in [0.15, 0.2) is 0 Å². The van der Waals surface area contributed by atoms with E-state index < -0.39 is 0 Å². The molecule has 0 radical (unpaired) electrons. The maximum Gasteiger partial charge on any atom is 0.223 e. The Labute approximate surface area is 80.9 Å². The molecule has 0 heterocycles. The molecule has 0 spiro atoms. The minimum atomic E-state index is -0.160. The molecule has 0 aromatic heterocycles. The van der Waals surface area contributed by atoms with Gasteiger partial charge in [-0.15, -0.1) is 0 Å². The van der Waals surface area contributed by atoms with E-state index in [4.69, 9.17) is 5.73 Å². The van der Waals surface area contributed by atoms with Crippen LogP contribution in [-0.2, 0) is 4.79 Å². The quantitative estimate of drug-likeness (QED) is 0.717. The Morgan fingerprint density at radius 2 is 2.31 bits per heavy atom. The molecule has 0 saturated heterocycles. The number of rotatable bonds is 3. The van der Waals surface area contributed by atoms with Gasteiger partial charge in [-0.3, -0.25) is 4.79 Å². The van der Waals surface area contributed by atoms with Crippen LogP contribution < -0.4 is 5.73 Å². The molecule has 1 amide bonds. The molecular weight excluding hydrogens is 162 g/mol. The standard InChI is InChI=1S/C11H21NO/c1-3-6-11(10(12)13)7-4-5-9(2)8-11/h9H,3-8H2,1-2H3,(H2,12,13). The number of hydrogen-bond donors (Lipinski definition) is 1. The Morgan fingerprint density at radius 3 is 2.77 bits per heavy atom. The average Bonchev–Trinajstić information content (AvgIpc) is 2.04. The van der Waals surface area contributed by atoms with Crippen LogP contribution in [0.4, 0.5) is 0 Å². The average molecular weight is 183 g/mol. The highest BCUT2D eigenvalue weighted by Gasteiger charge is 2.38. The summed E-state index contributed by atoms with van der Waals surface area (Å²) in [6, 6.07) is 0. The molecule has 2 nitrogen and oxygen atoms in total. The van der Waals surface area contributed by atoms with E-state index in [9.17, 15) is 4.79 Å². The molecule has 2 atom stereocenters. The van der Waals surface area contributed by atoms with Crippen molar-refractivity contribution in [3.63, 3.8) is 0 Å². The second kappa shape index (κ2) is 4.12. The van der Waals surface area contributed by atoms with Crippen LogP contribution in [0.25, 0.3) is 0 Å². The maximum atomic E-state index is 11.4. The number of amides is 1. The van der Waals surface area contributed by atoms with E-state index in [1.54, 1.807) is 0 Å². The van der Waals surface area contributed by atoms with Gasteiger partial charge in [0, 0.05) is 5.41 Å². The minimum absolute atomic E-state index is 0.0686. The van der Waals surface area contributed by atoms with Crippen molar-refractivity contribution < 1.29 is 4.79 Å². The van der Waals surface area contributed by atoms with Crippen molar-refractivity contribution in [1.29, 1.82) is 0 Å². The lowest BCUT2D eigenvalue weighted by molar-refractivity contribution is -0.131. The number of primary amides is 1. The van der Waals surface area contributed by atoms with E-state index in [0.717, 1.165) is 25.7 Å². The number of carbonyl (C=O) groups excluding carboxylic acids is 1. The summed E-state index contributed by atoms with van der Waals surface area (Å²) in [6.07, 6.45) is 6.50. The molecule has 1 aliphatic carbocycles. The van der Waals surface area contributed by atoms with Crippen LogP contribution in [0, 0.1) is 11.3 Å². The van der Waals surface area contributed by atoms with Crippen LogP contribution in [0.3, 0.4) is 0 Å². The number of carbonyl (C=O) groups is 1.